The van der Waals surface area contributed by atoms with Gasteiger partial charge in [0.1, 0.15) is 11.2 Å². The second-order valence-electron chi connectivity index (χ2n) is 10.4. The molecular weight excluding hydrogens is 320 g/mol. The fourth-order valence-corrected chi connectivity index (χ4v) is 7.49. The van der Waals surface area contributed by atoms with Crippen molar-refractivity contribution in [2.45, 2.75) is 77.8 Å². The summed E-state index contributed by atoms with van der Waals surface area (Å²) >= 11 is 0. The molecule has 2 aliphatic heterocycles. The van der Waals surface area contributed by atoms with Crippen molar-refractivity contribution in [1.29, 1.82) is 0 Å². The van der Waals surface area contributed by atoms with Crippen LogP contribution in [0.2, 0.25) is 0 Å². The lowest BCUT2D eigenvalue weighted by Crippen LogP contribution is -2.59. The number of hydrogen-bond acceptors (Lipinski definition) is 5. The van der Waals surface area contributed by atoms with E-state index in [0.717, 1.165) is 0 Å². The van der Waals surface area contributed by atoms with E-state index < -0.39 is 28.7 Å². The van der Waals surface area contributed by atoms with E-state index in [0.29, 0.717) is 24.2 Å². The molecule has 0 N–H and O–H groups in total. The standard InChI is InChI=1S/C20H28O5/c1-10-11-7-8-16(2,3)13(11)20-12(10)9-19(18(20,6)25-20)14(21)23-17(4,5)24-15(19)22/h10-13H,7-9H2,1-6H3/t10-,11-,12-,13-,18-,20-/m0/s1. The Bertz CT molecular complexity index is 689. The number of fused-ring (bicyclic) bond motifs is 2. The molecule has 138 valence electrons. The summed E-state index contributed by atoms with van der Waals surface area (Å²) in [5.41, 5.74) is -2.31. The highest BCUT2D eigenvalue weighted by atomic mass is 16.8. The molecule has 0 unspecified atom stereocenters. The lowest BCUT2D eigenvalue weighted by atomic mass is 9.67. The van der Waals surface area contributed by atoms with E-state index in [1.54, 1.807) is 13.8 Å². The van der Waals surface area contributed by atoms with E-state index in [4.69, 9.17) is 14.2 Å². The van der Waals surface area contributed by atoms with Gasteiger partial charge < -0.3 is 14.2 Å². The molecule has 2 saturated heterocycles. The third-order valence-electron chi connectivity index (χ3n) is 8.51. The molecule has 0 radical (unpaired) electrons. The average Bonchev–Trinajstić information content (AvgIpc) is 2.73. The Labute approximate surface area is 148 Å². The average molecular weight is 348 g/mol. The number of rotatable bonds is 0. The summed E-state index contributed by atoms with van der Waals surface area (Å²) in [7, 11) is 0. The molecule has 5 nitrogen and oxygen atoms in total. The van der Waals surface area contributed by atoms with Crippen LogP contribution in [0, 0.1) is 34.5 Å². The first-order chi connectivity index (χ1) is 11.4. The summed E-state index contributed by atoms with van der Waals surface area (Å²) in [4.78, 5) is 26.1. The van der Waals surface area contributed by atoms with Gasteiger partial charge in [0.15, 0.2) is 5.41 Å². The minimum Gasteiger partial charge on any atom is -0.422 e. The van der Waals surface area contributed by atoms with Crippen LogP contribution in [0.15, 0.2) is 0 Å². The van der Waals surface area contributed by atoms with Crippen molar-refractivity contribution in [2.75, 3.05) is 0 Å². The van der Waals surface area contributed by atoms with Gasteiger partial charge in [0.25, 0.3) is 5.79 Å². The highest BCUT2D eigenvalue weighted by molar-refractivity contribution is 6.05. The van der Waals surface area contributed by atoms with Crippen LogP contribution in [0.5, 0.6) is 0 Å². The van der Waals surface area contributed by atoms with Crippen molar-refractivity contribution in [1.82, 2.24) is 0 Å². The summed E-state index contributed by atoms with van der Waals surface area (Å²) in [5.74, 6) is -0.441. The third-order valence-corrected chi connectivity index (χ3v) is 8.51. The molecule has 0 bridgehead atoms. The van der Waals surface area contributed by atoms with Crippen LogP contribution < -0.4 is 0 Å². The molecule has 6 atom stereocenters. The molecule has 5 heteroatoms. The molecule has 5 rings (SSSR count). The van der Waals surface area contributed by atoms with Crippen LogP contribution >= 0.6 is 0 Å². The molecule has 5 aliphatic rings. The third kappa shape index (κ3) is 1.42. The van der Waals surface area contributed by atoms with Gasteiger partial charge in [-0.3, -0.25) is 9.59 Å². The maximum atomic E-state index is 13.1. The predicted molar refractivity (Wildman–Crippen MR) is 88.2 cm³/mol. The molecule has 2 spiro atoms. The molecular formula is C20H28O5. The quantitative estimate of drug-likeness (QED) is 0.382. The molecule has 2 heterocycles. The molecule has 3 saturated carbocycles. The Morgan fingerprint density at radius 1 is 1.00 bits per heavy atom. The van der Waals surface area contributed by atoms with Crippen LogP contribution in [0.1, 0.15) is 60.8 Å². The summed E-state index contributed by atoms with van der Waals surface area (Å²) in [6, 6.07) is 0. The van der Waals surface area contributed by atoms with Crippen molar-refractivity contribution < 1.29 is 23.8 Å². The summed E-state index contributed by atoms with van der Waals surface area (Å²) in [6.45, 7) is 12.1. The number of esters is 2. The largest absolute Gasteiger partial charge is 0.422 e. The Morgan fingerprint density at radius 3 is 2.20 bits per heavy atom. The lowest BCUT2D eigenvalue weighted by Gasteiger charge is -2.41. The van der Waals surface area contributed by atoms with Crippen LogP contribution in [0.25, 0.3) is 0 Å². The topological polar surface area (TPSA) is 65.1 Å². The van der Waals surface area contributed by atoms with Crippen LogP contribution in [-0.2, 0) is 23.8 Å². The number of cyclic esters (lactones) is 2. The van der Waals surface area contributed by atoms with Gasteiger partial charge in [-0.25, -0.2) is 0 Å². The number of carbonyl (C=O) groups excluding carboxylic acids is 2. The molecule has 0 aromatic rings. The fourth-order valence-electron chi connectivity index (χ4n) is 7.49. The number of ether oxygens (including phenoxy) is 3. The van der Waals surface area contributed by atoms with Crippen LogP contribution in [0.3, 0.4) is 0 Å². The van der Waals surface area contributed by atoms with Crippen molar-refractivity contribution in [3.8, 4) is 0 Å². The van der Waals surface area contributed by atoms with Crippen molar-refractivity contribution in [2.24, 2.45) is 34.5 Å². The fraction of sp³-hybridized carbons (Fsp3) is 0.900. The first-order valence-electron chi connectivity index (χ1n) is 9.60. The molecule has 3 aliphatic carbocycles. The van der Waals surface area contributed by atoms with Gasteiger partial charge in [0.05, 0.1) is 0 Å². The second kappa shape index (κ2) is 3.92. The van der Waals surface area contributed by atoms with Gasteiger partial charge in [-0.2, -0.15) is 0 Å². The van der Waals surface area contributed by atoms with E-state index in [1.165, 1.54) is 12.8 Å². The van der Waals surface area contributed by atoms with E-state index >= 15 is 0 Å². The zero-order valence-corrected chi connectivity index (χ0v) is 16.0. The maximum Gasteiger partial charge on any atom is 0.329 e. The van der Waals surface area contributed by atoms with Crippen LogP contribution in [0.4, 0.5) is 0 Å². The number of epoxide rings is 1. The smallest absolute Gasteiger partial charge is 0.329 e. The summed E-state index contributed by atoms with van der Waals surface area (Å²) < 4.78 is 17.6. The lowest BCUT2D eigenvalue weighted by molar-refractivity contribution is -0.256. The van der Waals surface area contributed by atoms with Crippen molar-refractivity contribution in [3.63, 3.8) is 0 Å². The van der Waals surface area contributed by atoms with Crippen molar-refractivity contribution in [3.05, 3.63) is 0 Å². The van der Waals surface area contributed by atoms with E-state index in [2.05, 4.69) is 20.8 Å². The van der Waals surface area contributed by atoms with Crippen LogP contribution in [-0.4, -0.2) is 28.9 Å². The van der Waals surface area contributed by atoms with E-state index in [-0.39, 0.29) is 16.9 Å². The summed E-state index contributed by atoms with van der Waals surface area (Å²) in [6.07, 6.45) is 2.89. The first-order valence-corrected chi connectivity index (χ1v) is 9.60. The monoisotopic (exact) mass is 348 g/mol. The maximum absolute atomic E-state index is 13.1. The highest BCUT2D eigenvalue weighted by Crippen LogP contribution is 2.83. The SMILES string of the molecule is C[C@H]1[C@@H]2CCC(C)(C)[C@H]2[C@]23O[C@@]2(C)C2(C[C@@H]13)C(=O)OC(C)(C)OC2=O. The van der Waals surface area contributed by atoms with E-state index in [9.17, 15) is 9.59 Å². The number of carbonyl (C=O) groups is 2. The minimum atomic E-state index is -1.30. The van der Waals surface area contributed by atoms with Gasteiger partial charge in [0.2, 0.25) is 0 Å². The zero-order chi connectivity index (χ0) is 18.2. The highest BCUT2D eigenvalue weighted by Gasteiger charge is 2.95. The van der Waals surface area contributed by atoms with Gasteiger partial charge in [-0.15, -0.1) is 0 Å². The number of hydrogen-bond donors (Lipinski definition) is 0. The summed E-state index contributed by atoms with van der Waals surface area (Å²) in [5, 5.41) is 0. The first kappa shape index (κ1) is 16.1. The second-order valence-corrected chi connectivity index (χ2v) is 10.4. The van der Waals surface area contributed by atoms with Gasteiger partial charge in [-0.1, -0.05) is 20.8 Å². The Hall–Kier alpha value is -1.10. The Kier molecular flexibility index (Phi) is 2.53. The molecule has 5 fully saturated rings. The Balaban J connectivity index is 1.64. The molecule has 0 aromatic carbocycles. The van der Waals surface area contributed by atoms with Gasteiger partial charge in [-0.05, 0) is 55.3 Å². The Morgan fingerprint density at radius 2 is 1.60 bits per heavy atom. The predicted octanol–water partition coefficient (Wildman–Crippen LogP) is 3.06. The van der Waals surface area contributed by atoms with Gasteiger partial charge >= 0.3 is 11.9 Å². The minimum absolute atomic E-state index is 0.165. The normalized spacial score (nSPS) is 53.0. The zero-order valence-electron chi connectivity index (χ0n) is 16.0. The molecule has 25 heavy (non-hydrogen) atoms. The van der Waals surface area contributed by atoms with Crippen molar-refractivity contribution >= 4 is 11.9 Å². The molecule has 0 amide bonds. The van der Waals surface area contributed by atoms with Gasteiger partial charge in [0, 0.05) is 13.8 Å². The van der Waals surface area contributed by atoms with E-state index in [1.807, 2.05) is 6.92 Å². The molecule has 0 aromatic heterocycles.